The van der Waals surface area contributed by atoms with Crippen molar-refractivity contribution in [3.05, 3.63) is 120 Å². The van der Waals surface area contributed by atoms with Gasteiger partial charge in [-0.25, -0.2) is 23.8 Å². The smallest absolute Gasteiger partial charge is 0.324 e. The number of hydrogen-bond acceptors (Lipinski definition) is 7. The molecule has 0 fully saturated rings. The average molecular weight is 645 g/mol. The molecule has 3 N–H and O–H groups in total. The van der Waals surface area contributed by atoms with Crippen LogP contribution < -0.4 is 20.7 Å². The van der Waals surface area contributed by atoms with E-state index in [1.807, 2.05) is 69.3 Å². The van der Waals surface area contributed by atoms with E-state index in [0.717, 1.165) is 40.6 Å². The Morgan fingerprint density at radius 3 is 2.54 bits per heavy atom. The van der Waals surface area contributed by atoms with Crippen molar-refractivity contribution < 1.29 is 13.9 Å². The van der Waals surface area contributed by atoms with E-state index in [9.17, 15) is 9.18 Å². The van der Waals surface area contributed by atoms with Crippen molar-refractivity contribution in [1.29, 1.82) is 0 Å². The summed E-state index contributed by atoms with van der Waals surface area (Å²) >= 11 is 0. The molecule has 0 unspecified atom stereocenters. The number of benzene rings is 3. The van der Waals surface area contributed by atoms with Crippen molar-refractivity contribution in [2.75, 3.05) is 16.0 Å². The van der Waals surface area contributed by atoms with Gasteiger partial charge in [0.15, 0.2) is 0 Å². The lowest BCUT2D eigenvalue weighted by Gasteiger charge is -2.15. The first-order valence-corrected chi connectivity index (χ1v) is 15.8. The van der Waals surface area contributed by atoms with E-state index in [0.29, 0.717) is 41.2 Å². The van der Waals surface area contributed by atoms with Gasteiger partial charge in [0.1, 0.15) is 35.6 Å². The molecule has 0 saturated heterocycles. The molecule has 0 bridgehead atoms. The minimum atomic E-state index is -0.464. The summed E-state index contributed by atoms with van der Waals surface area (Å²) in [7, 11) is 0. The number of anilines is 4. The van der Waals surface area contributed by atoms with Crippen molar-refractivity contribution in [3.8, 4) is 11.4 Å². The van der Waals surface area contributed by atoms with E-state index in [2.05, 4.69) is 42.9 Å². The van der Waals surface area contributed by atoms with Gasteiger partial charge in [0.05, 0.1) is 29.0 Å². The quantitative estimate of drug-likeness (QED) is 0.137. The maximum atomic E-state index is 14.1. The highest BCUT2D eigenvalue weighted by Crippen LogP contribution is 2.33. The number of nitrogens with zero attached hydrogens (tertiary/aromatic N) is 5. The first-order chi connectivity index (χ1) is 23.2. The zero-order valence-electron chi connectivity index (χ0n) is 27.3. The highest BCUT2D eigenvalue weighted by atomic mass is 19.1. The number of aryl methyl sites for hydroxylation is 1. The van der Waals surface area contributed by atoms with Gasteiger partial charge in [0.2, 0.25) is 0 Å². The van der Waals surface area contributed by atoms with Gasteiger partial charge in [-0.2, -0.15) is 5.10 Å². The SMILES string of the molecule is CCCc1cncc(Nc2cc(COc3ccc(NC(=O)Nc4cc(C(C)(C)C)nn4-c4cccc(F)c4)c4ccccc34)ccn2)n1. The summed E-state index contributed by atoms with van der Waals surface area (Å²) in [6.45, 7) is 8.48. The monoisotopic (exact) mass is 644 g/mol. The van der Waals surface area contributed by atoms with Crippen LogP contribution in [0.1, 0.15) is 51.1 Å². The molecule has 6 rings (SSSR count). The molecule has 11 heteroatoms. The molecule has 6 aromatic rings. The lowest BCUT2D eigenvalue weighted by molar-refractivity contribution is 0.262. The molecule has 0 atom stereocenters. The molecule has 3 aromatic carbocycles. The van der Waals surface area contributed by atoms with E-state index in [4.69, 9.17) is 4.74 Å². The van der Waals surface area contributed by atoms with E-state index in [1.54, 1.807) is 36.8 Å². The van der Waals surface area contributed by atoms with Crippen LogP contribution in [0.5, 0.6) is 5.75 Å². The van der Waals surface area contributed by atoms with Gasteiger partial charge in [0, 0.05) is 34.6 Å². The number of halogens is 1. The summed E-state index contributed by atoms with van der Waals surface area (Å²) in [4.78, 5) is 26.7. The Morgan fingerprint density at radius 1 is 0.917 bits per heavy atom. The van der Waals surface area contributed by atoms with Crippen LogP contribution in [0.4, 0.5) is 32.3 Å². The van der Waals surface area contributed by atoms with E-state index in [1.165, 1.54) is 16.8 Å². The standard InChI is InChI=1S/C37H37FN8O2/c1-5-9-26-21-39-22-34(41-26)43-33-18-24(16-17-40-33)23-48-31-15-14-30(28-12-6-7-13-29(28)31)42-36(47)44-35-20-32(37(2,3)4)45-46(35)27-11-8-10-25(38)19-27/h6-8,10-22H,5,9,23H2,1-4H3,(H,40,41,43)(H2,42,44,47). The molecule has 0 radical (unpaired) electrons. The average Bonchev–Trinajstić information content (AvgIpc) is 3.49. The summed E-state index contributed by atoms with van der Waals surface area (Å²) < 4.78 is 21.9. The van der Waals surface area contributed by atoms with Gasteiger partial charge >= 0.3 is 6.03 Å². The Morgan fingerprint density at radius 2 is 1.75 bits per heavy atom. The Hall–Kier alpha value is -5.84. The van der Waals surface area contributed by atoms with Gasteiger partial charge in [-0.1, -0.05) is 64.4 Å². The first-order valence-electron chi connectivity index (χ1n) is 15.8. The number of carbonyl (C=O) groups excluding carboxylic acids is 1. The van der Waals surface area contributed by atoms with Gasteiger partial charge in [0.25, 0.3) is 0 Å². The van der Waals surface area contributed by atoms with E-state index >= 15 is 0 Å². The maximum absolute atomic E-state index is 14.1. The third-order valence-electron chi connectivity index (χ3n) is 7.57. The molecule has 2 amide bonds. The fourth-order valence-electron chi connectivity index (χ4n) is 5.19. The Bertz CT molecular complexity index is 2070. The number of rotatable bonds is 10. The van der Waals surface area contributed by atoms with Gasteiger partial charge in [-0.15, -0.1) is 0 Å². The zero-order chi connectivity index (χ0) is 33.7. The molecule has 0 spiro atoms. The fraction of sp³-hybridized carbons (Fsp3) is 0.216. The van der Waals surface area contributed by atoms with Gasteiger partial charge in [-0.05, 0) is 54.4 Å². The molecule has 0 aliphatic carbocycles. The van der Waals surface area contributed by atoms with Crippen molar-refractivity contribution in [1.82, 2.24) is 24.7 Å². The van der Waals surface area contributed by atoms with Crippen LogP contribution >= 0.6 is 0 Å². The van der Waals surface area contributed by atoms with Crippen LogP contribution in [0.25, 0.3) is 16.5 Å². The Kier molecular flexibility index (Phi) is 9.29. The summed E-state index contributed by atoms with van der Waals surface area (Å²) in [5, 5.41) is 15.4. The predicted octanol–water partition coefficient (Wildman–Crippen LogP) is 8.57. The lowest BCUT2D eigenvalue weighted by atomic mass is 9.92. The lowest BCUT2D eigenvalue weighted by Crippen LogP contribution is -2.21. The highest BCUT2D eigenvalue weighted by Gasteiger charge is 2.22. The number of amides is 2. The molecule has 0 aliphatic rings. The largest absolute Gasteiger partial charge is 0.488 e. The van der Waals surface area contributed by atoms with Crippen molar-refractivity contribution >= 4 is 39.9 Å². The summed E-state index contributed by atoms with van der Waals surface area (Å²) in [6, 6.07) is 22.6. The minimum absolute atomic E-state index is 0.291. The number of nitrogens with one attached hydrogen (secondary N) is 3. The molecule has 3 aromatic heterocycles. The van der Waals surface area contributed by atoms with Crippen LogP contribution in [0.3, 0.4) is 0 Å². The second-order valence-corrected chi connectivity index (χ2v) is 12.4. The van der Waals surface area contributed by atoms with Crippen LogP contribution in [-0.4, -0.2) is 30.8 Å². The van der Waals surface area contributed by atoms with E-state index in [-0.39, 0.29) is 5.41 Å². The zero-order valence-corrected chi connectivity index (χ0v) is 27.3. The molecule has 244 valence electrons. The van der Waals surface area contributed by atoms with Crippen LogP contribution in [-0.2, 0) is 18.4 Å². The predicted molar refractivity (Wildman–Crippen MR) is 187 cm³/mol. The number of fused-ring (bicyclic) bond motifs is 1. The number of urea groups is 1. The van der Waals surface area contributed by atoms with Crippen molar-refractivity contribution in [2.45, 2.75) is 52.6 Å². The second-order valence-electron chi connectivity index (χ2n) is 12.4. The highest BCUT2D eigenvalue weighted by molar-refractivity contribution is 6.07. The summed E-state index contributed by atoms with van der Waals surface area (Å²) in [5.41, 5.74) is 3.40. The normalized spacial score (nSPS) is 11.4. The number of pyridine rings is 1. The molecular weight excluding hydrogens is 607 g/mol. The van der Waals surface area contributed by atoms with Gasteiger partial charge in [-0.3, -0.25) is 10.3 Å². The molecule has 0 aliphatic heterocycles. The first kappa shape index (κ1) is 32.1. The number of aromatic nitrogens is 5. The third-order valence-corrected chi connectivity index (χ3v) is 7.57. The van der Waals surface area contributed by atoms with Gasteiger partial charge < -0.3 is 15.4 Å². The summed E-state index contributed by atoms with van der Waals surface area (Å²) in [5.74, 6) is 1.97. The minimum Gasteiger partial charge on any atom is -0.488 e. The molecule has 0 saturated carbocycles. The van der Waals surface area contributed by atoms with Crippen molar-refractivity contribution in [2.24, 2.45) is 0 Å². The van der Waals surface area contributed by atoms with E-state index < -0.39 is 11.8 Å². The second kappa shape index (κ2) is 13.9. The molecular formula is C37H37FN8O2. The maximum Gasteiger partial charge on any atom is 0.324 e. The number of carbonyl (C=O) groups is 1. The fourth-order valence-corrected chi connectivity index (χ4v) is 5.19. The van der Waals surface area contributed by atoms with Crippen LogP contribution in [0, 0.1) is 5.82 Å². The third kappa shape index (κ3) is 7.58. The Balaban J connectivity index is 1.17. The van der Waals surface area contributed by atoms with Crippen molar-refractivity contribution in [3.63, 3.8) is 0 Å². The molecule has 48 heavy (non-hydrogen) atoms. The molecule has 10 nitrogen and oxygen atoms in total. The van der Waals surface area contributed by atoms with Crippen LogP contribution in [0.15, 0.2) is 97.5 Å². The van der Waals surface area contributed by atoms with Crippen LogP contribution in [0.2, 0.25) is 0 Å². The summed E-state index contributed by atoms with van der Waals surface area (Å²) in [6.07, 6.45) is 7.02. The molecule has 3 heterocycles. The Labute approximate surface area is 278 Å². The number of ether oxygens (including phenoxy) is 1. The number of hydrogen-bond donors (Lipinski definition) is 3. The topological polar surface area (TPSA) is 119 Å².